The van der Waals surface area contributed by atoms with Gasteiger partial charge >= 0.3 is 0 Å². The summed E-state index contributed by atoms with van der Waals surface area (Å²) in [6, 6.07) is 14.5. The molecule has 0 bridgehead atoms. The van der Waals surface area contributed by atoms with E-state index in [2.05, 4.69) is 51.2 Å². The fourth-order valence-electron chi connectivity index (χ4n) is 5.04. The van der Waals surface area contributed by atoms with Crippen molar-refractivity contribution in [3.05, 3.63) is 66.1 Å². The van der Waals surface area contributed by atoms with Crippen LogP contribution in [0.4, 0.5) is 5.82 Å². The SMILES string of the molecule is NC(=O)C1CCC(c2nc(-c3ccc4ccc(-c5cccs5)nc4c3)c3c(N)nccn23)CC1. The van der Waals surface area contributed by atoms with Crippen molar-refractivity contribution in [2.24, 2.45) is 11.7 Å². The Balaban J connectivity index is 1.45. The maximum atomic E-state index is 11.6. The third-order valence-electron chi connectivity index (χ3n) is 6.84. The first kappa shape index (κ1) is 20.8. The number of anilines is 1. The van der Waals surface area contributed by atoms with Gasteiger partial charge in [-0.3, -0.25) is 9.20 Å². The topological polar surface area (TPSA) is 112 Å². The molecule has 8 heteroatoms. The lowest BCUT2D eigenvalue weighted by atomic mass is 9.81. The second kappa shape index (κ2) is 8.22. The Morgan fingerprint density at radius 2 is 1.88 bits per heavy atom. The number of carbonyl (C=O) groups excluding carboxylic acids is 1. The molecule has 1 aromatic carbocycles. The van der Waals surface area contributed by atoms with Crippen LogP contribution in [0.1, 0.15) is 37.4 Å². The molecule has 0 atom stereocenters. The largest absolute Gasteiger partial charge is 0.382 e. The van der Waals surface area contributed by atoms with E-state index in [9.17, 15) is 4.79 Å². The Morgan fingerprint density at radius 3 is 2.65 bits per heavy atom. The summed E-state index contributed by atoms with van der Waals surface area (Å²) in [7, 11) is 0. The van der Waals surface area contributed by atoms with Crippen molar-refractivity contribution in [3.63, 3.8) is 0 Å². The Hall–Kier alpha value is -3.78. The number of fused-ring (bicyclic) bond motifs is 2. The number of hydrogen-bond donors (Lipinski definition) is 2. The van der Waals surface area contributed by atoms with Crippen molar-refractivity contribution in [1.82, 2.24) is 19.4 Å². The van der Waals surface area contributed by atoms with Gasteiger partial charge in [-0.25, -0.2) is 15.0 Å². The molecular formula is C26H24N6OS. The van der Waals surface area contributed by atoms with Gasteiger partial charge in [-0.2, -0.15) is 0 Å². The number of aromatic nitrogens is 4. The first-order valence-corrected chi connectivity index (χ1v) is 12.3. The second-order valence-electron chi connectivity index (χ2n) is 8.88. The number of primary amides is 1. The predicted molar refractivity (Wildman–Crippen MR) is 135 cm³/mol. The summed E-state index contributed by atoms with van der Waals surface area (Å²) in [6.45, 7) is 0. The molecular weight excluding hydrogens is 444 g/mol. The Kier molecular flexibility index (Phi) is 5.03. The summed E-state index contributed by atoms with van der Waals surface area (Å²) in [4.78, 5) is 27.1. The molecule has 1 saturated carbocycles. The zero-order chi connectivity index (χ0) is 23.2. The maximum absolute atomic E-state index is 11.6. The van der Waals surface area contributed by atoms with Gasteiger partial charge in [0.2, 0.25) is 5.91 Å². The smallest absolute Gasteiger partial charge is 0.220 e. The highest BCUT2D eigenvalue weighted by molar-refractivity contribution is 7.13. The van der Waals surface area contributed by atoms with E-state index in [0.29, 0.717) is 5.82 Å². The maximum Gasteiger partial charge on any atom is 0.220 e. The number of carbonyl (C=O) groups is 1. The quantitative estimate of drug-likeness (QED) is 0.385. The highest BCUT2D eigenvalue weighted by Crippen LogP contribution is 2.39. The molecule has 4 aromatic heterocycles. The molecule has 4 heterocycles. The van der Waals surface area contributed by atoms with Crippen LogP contribution in [0.2, 0.25) is 0 Å². The molecule has 0 aliphatic heterocycles. The molecule has 170 valence electrons. The third-order valence-corrected chi connectivity index (χ3v) is 7.74. The zero-order valence-electron chi connectivity index (χ0n) is 18.5. The molecule has 6 rings (SSSR count). The van der Waals surface area contributed by atoms with Crippen LogP contribution in [0.3, 0.4) is 0 Å². The van der Waals surface area contributed by atoms with Crippen LogP contribution in [0.15, 0.2) is 60.2 Å². The van der Waals surface area contributed by atoms with Crippen LogP contribution in [0, 0.1) is 5.92 Å². The van der Waals surface area contributed by atoms with Gasteiger partial charge in [0.05, 0.1) is 16.1 Å². The van der Waals surface area contributed by atoms with Gasteiger partial charge in [-0.15, -0.1) is 11.3 Å². The number of nitrogens with zero attached hydrogens (tertiary/aromatic N) is 4. The van der Waals surface area contributed by atoms with Gasteiger partial charge in [0.25, 0.3) is 0 Å². The van der Waals surface area contributed by atoms with Gasteiger partial charge in [-0.05, 0) is 49.3 Å². The molecule has 1 aliphatic rings. The van der Waals surface area contributed by atoms with Crippen LogP contribution in [0.25, 0.3) is 38.2 Å². The average Bonchev–Trinajstić information content (AvgIpc) is 3.53. The lowest BCUT2D eigenvalue weighted by molar-refractivity contribution is -0.122. The van der Waals surface area contributed by atoms with Gasteiger partial charge in [0, 0.05) is 35.2 Å². The van der Waals surface area contributed by atoms with Crippen molar-refractivity contribution >= 4 is 39.5 Å². The highest BCUT2D eigenvalue weighted by atomic mass is 32.1. The van der Waals surface area contributed by atoms with Crippen molar-refractivity contribution in [2.75, 3.05) is 5.73 Å². The van der Waals surface area contributed by atoms with Crippen LogP contribution >= 0.6 is 11.3 Å². The molecule has 34 heavy (non-hydrogen) atoms. The minimum absolute atomic E-state index is 0.0437. The fraction of sp³-hybridized carbons (Fsp3) is 0.231. The van der Waals surface area contributed by atoms with Crippen LogP contribution in [0.5, 0.6) is 0 Å². The predicted octanol–water partition coefficient (Wildman–Crippen LogP) is 5.01. The van der Waals surface area contributed by atoms with Crippen molar-refractivity contribution < 1.29 is 4.79 Å². The minimum Gasteiger partial charge on any atom is -0.382 e. The van der Waals surface area contributed by atoms with Gasteiger partial charge in [0.15, 0.2) is 0 Å². The number of benzene rings is 1. The Labute approximate surface area is 200 Å². The molecule has 5 aromatic rings. The first-order valence-electron chi connectivity index (χ1n) is 11.5. The fourth-order valence-corrected chi connectivity index (χ4v) is 5.73. The number of nitrogens with two attached hydrogens (primary N) is 2. The minimum atomic E-state index is -0.203. The standard InChI is InChI=1S/C26H24N6OS/c27-24-23-22(18-8-3-15-9-10-19(30-20(15)14-18)21-2-1-13-34-21)31-26(32(23)12-11-29-24)17-6-4-16(5-7-17)25(28)33/h1-3,8-14,16-17H,4-7H2,(H2,27,29)(H2,28,33). The molecule has 1 fully saturated rings. The van der Waals surface area contributed by atoms with Gasteiger partial charge < -0.3 is 11.5 Å². The number of hydrogen-bond acceptors (Lipinski definition) is 6. The highest BCUT2D eigenvalue weighted by Gasteiger charge is 2.29. The van der Waals surface area contributed by atoms with E-state index in [-0.39, 0.29) is 17.7 Å². The number of rotatable bonds is 4. The summed E-state index contributed by atoms with van der Waals surface area (Å²) < 4.78 is 2.06. The van der Waals surface area contributed by atoms with Crippen molar-refractivity contribution in [1.29, 1.82) is 0 Å². The van der Waals surface area contributed by atoms with Crippen LogP contribution in [-0.4, -0.2) is 25.3 Å². The van der Waals surface area contributed by atoms with Crippen molar-refractivity contribution in [3.8, 4) is 21.8 Å². The molecule has 0 saturated heterocycles. The number of amides is 1. The van der Waals surface area contributed by atoms with E-state index in [1.807, 2.05) is 12.3 Å². The molecule has 0 radical (unpaired) electrons. The molecule has 1 amide bonds. The summed E-state index contributed by atoms with van der Waals surface area (Å²) >= 11 is 1.68. The third kappa shape index (κ3) is 3.51. The Bertz CT molecular complexity index is 1520. The monoisotopic (exact) mass is 468 g/mol. The summed E-state index contributed by atoms with van der Waals surface area (Å²) in [5.74, 6) is 1.40. The zero-order valence-corrected chi connectivity index (χ0v) is 19.3. The second-order valence-corrected chi connectivity index (χ2v) is 9.83. The summed E-state index contributed by atoms with van der Waals surface area (Å²) in [5, 5.41) is 3.13. The van der Waals surface area contributed by atoms with Crippen molar-refractivity contribution in [2.45, 2.75) is 31.6 Å². The molecule has 7 nitrogen and oxygen atoms in total. The normalized spacial score (nSPS) is 18.5. The van der Waals surface area contributed by atoms with E-state index >= 15 is 0 Å². The molecule has 0 spiro atoms. The van der Waals surface area contributed by atoms with Crippen LogP contribution < -0.4 is 11.5 Å². The molecule has 0 unspecified atom stereocenters. The lowest BCUT2D eigenvalue weighted by Crippen LogP contribution is -2.27. The molecule has 1 aliphatic carbocycles. The number of nitrogen functional groups attached to an aromatic ring is 1. The summed E-state index contributed by atoms with van der Waals surface area (Å²) in [5.41, 5.74) is 16.3. The Morgan fingerprint density at radius 1 is 1.06 bits per heavy atom. The van der Waals surface area contributed by atoms with Crippen LogP contribution in [-0.2, 0) is 4.79 Å². The number of thiophene rings is 1. The first-order chi connectivity index (χ1) is 16.6. The van der Waals surface area contributed by atoms with E-state index in [1.165, 1.54) is 0 Å². The van der Waals surface area contributed by atoms with Gasteiger partial charge in [0.1, 0.15) is 22.9 Å². The van der Waals surface area contributed by atoms with E-state index in [0.717, 1.165) is 69.8 Å². The van der Waals surface area contributed by atoms with E-state index in [4.69, 9.17) is 21.4 Å². The summed E-state index contributed by atoms with van der Waals surface area (Å²) in [6.07, 6.45) is 6.95. The molecule has 4 N–H and O–H groups in total. The number of imidazole rings is 1. The number of pyridine rings is 1. The van der Waals surface area contributed by atoms with Gasteiger partial charge in [-0.1, -0.05) is 24.3 Å². The van der Waals surface area contributed by atoms with E-state index < -0.39 is 0 Å². The average molecular weight is 469 g/mol. The lowest BCUT2D eigenvalue weighted by Gasteiger charge is -2.25. The van der Waals surface area contributed by atoms with E-state index in [1.54, 1.807) is 17.5 Å².